The maximum absolute atomic E-state index is 5.51. The molecule has 2 aromatic rings. The van der Waals surface area contributed by atoms with E-state index in [2.05, 4.69) is 65.3 Å². The third-order valence-corrected chi connectivity index (χ3v) is 3.52. The molecule has 0 aromatic heterocycles. The maximum Gasteiger partial charge on any atom is 0.169 e. The molecular formula is C18H20N2S. The Morgan fingerprint density at radius 1 is 0.952 bits per heavy atom. The first-order valence-electron chi connectivity index (χ1n) is 7.01. The SMILES string of the molecule is C=CCNC(=S)N(Cc1ccccc1)Cc1ccccc1. The fourth-order valence-corrected chi connectivity index (χ4v) is 2.29. The van der Waals surface area contributed by atoms with Crippen LogP contribution in [0.5, 0.6) is 0 Å². The van der Waals surface area contributed by atoms with Gasteiger partial charge in [0.2, 0.25) is 0 Å². The molecule has 0 atom stereocenters. The number of nitrogens with zero attached hydrogens (tertiary/aromatic N) is 1. The van der Waals surface area contributed by atoms with E-state index in [-0.39, 0.29) is 0 Å². The molecule has 0 aliphatic carbocycles. The van der Waals surface area contributed by atoms with Gasteiger partial charge in [-0.05, 0) is 23.3 Å². The first kappa shape index (κ1) is 15.3. The van der Waals surface area contributed by atoms with Crippen LogP contribution < -0.4 is 5.32 Å². The molecule has 0 spiro atoms. The van der Waals surface area contributed by atoms with Gasteiger partial charge in [0, 0.05) is 19.6 Å². The van der Waals surface area contributed by atoms with Crippen LogP contribution >= 0.6 is 12.2 Å². The summed E-state index contributed by atoms with van der Waals surface area (Å²) in [6.45, 7) is 5.98. The average molecular weight is 296 g/mol. The molecule has 0 fully saturated rings. The summed E-state index contributed by atoms with van der Waals surface area (Å²) in [5.41, 5.74) is 2.49. The smallest absolute Gasteiger partial charge is 0.169 e. The molecule has 2 rings (SSSR count). The molecule has 108 valence electrons. The van der Waals surface area contributed by atoms with Crippen LogP contribution in [0.15, 0.2) is 73.3 Å². The van der Waals surface area contributed by atoms with Crippen molar-refractivity contribution in [3.8, 4) is 0 Å². The minimum Gasteiger partial charge on any atom is -0.359 e. The summed E-state index contributed by atoms with van der Waals surface area (Å²) in [5.74, 6) is 0. The van der Waals surface area contributed by atoms with Crippen LogP contribution in [0.4, 0.5) is 0 Å². The van der Waals surface area contributed by atoms with Gasteiger partial charge in [-0.3, -0.25) is 0 Å². The van der Waals surface area contributed by atoms with Gasteiger partial charge in [0.15, 0.2) is 5.11 Å². The van der Waals surface area contributed by atoms with Crippen LogP contribution in [-0.4, -0.2) is 16.6 Å². The van der Waals surface area contributed by atoms with E-state index in [9.17, 15) is 0 Å². The summed E-state index contributed by atoms with van der Waals surface area (Å²) in [4.78, 5) is 2.17. The van der Waals surface area contributed by atoms with Crippen molar-refractivity contribution in [2.24, 2.45) is 0 Å². The molecule has 0 bridgehead atoms. The lowest BCUT2D eigenvalue weighted by Gasteiger charge is -2.26. The standard InChI is InChI=1S/C18H20N2S/c1-2-13-19-18(21)20(14-16-9-5-3-6-10-16)15-17-11-7-4-8-12-17/h2-12H,1,13-15H2,(H,19,21). The summed E-state index contributed by atoms with van der Waals surface area (Å²) >= 11 is 5.51. The van der Waals surface area contributed by atoms with Gasteiger partial charge in [-0.2, -0.15) is 0 Å². The minimum absolute atomic E-state index is 0.679. The molecule has 2 aromatic carbocycles. The normalized spacial score (nSPS) is 9.90. The minimum atomic E-state index is 0.679. The predicted octanol–water partition coefficient (Wildman–Crippen LogP) is 3.75. The summed E-state index contributed by atoms with van der Waals surface area (Å²) in [6, 6.07) is 20.7. The monoisotopic (exact) mass is 296 g/mol. The zero-order valence-electron chi connectivity index (χ0n) is 12.0. The highest BCUT2D eigenvalue weighted by atomic mass is 32.1. The van der Waals surface area contributed by atoms with Gasteiger partial charge in [0.25, 0.3) is 0 Å². The second-order valence-corrected chi connectivity index (χ2v) is 5.19. The fourth-order valence-electron chi connectivity index (χ4n) is 2.08. The molecule has 0 heterocycles. The summed E-state index contributed by atoms with van der Waals surface area (Å²) in [5, 5.41) is 3.96. The molecular weight excluding hydrogens is 276 g/mol. The number of nitrogens with one attached hydrogen (secondary N) is 1. The van der Waals surface area contributed by atoms with E-state index in [0.29, 0.717) is 6.54 Å². The Labute approximate surface area is 132 Å². The second-order valence-electron chi connectivity index (χ2n) is 4.80. The fraction of sp³-hybridized carbons (Fsp3) is 0.167. The average Bonchev–Trinajstić information content (AvgIpc) is 2.54. The van der Waals surface area contributed by atoms with Gasteiger partial charge >= 0.3 is 0 Å². The van der Waals surface area contributed by atoms with Crippen LogP contribution in [0.2, 0.25) is 0 Å². The molecule has 0 saturated heterocycles. The Morgan fingerprint density at radius 2 is 1.43 bits per heavy atom. The zero-order chi connectivity index (χ0) is 14.9. The van der Waals surface area contributed by atoms with Crippen molar-refractivity contribution < 1.29 is 0 Å². The van der Waals surface area contributed by atoms with Gasteiger partial charge in [0.05, 0.1) is 0 Å². The lowest BCUT2D eigenvalue weighted by Crippen LogP contribution is -2.38. The van der Waals surface area contributed by atoms with Crippen LogP contribution in [0.25, 0.3) is 0 Å². The predicted molar refractivity (Wildman–Crippen MR) is 92.9 cm³/mol. The number of hydrogen-bond donors (Lipinski definition) is 1. The van der Waals surface area contributed by atoms with E-state index in [1.165, 1.54) is 11.1 Å². The molecule has 1 N–H and O–H groups in total. The Bertz CT molecular complexity index is 525. The molecule has 3 heteroatoms. The molecule has 0 saturated carbocycles. The van der Waals surface area contributed by atoms with Gasteiger partial charge in [-0.15, -0.1) is 6.58 Å². The van der Waals surface area contributed by atoms with Gasteiger partial charge in [0.1, 0.15) is 0 Å². The first-order chi connectivity index (χ1) is 10.3. The van der Waals surface area contributed by atoms with E-state index < -0.39 is 0 Å². The van der Waals surface area contributed by atoms with E-state index in [4.69, 9.17) is 12.2 Å². The lowest BCUT2D eigenvalue weighted by atomic mass is 10.2. The molecule has 0 radical (unpaired) electrons. The summed E-state index contributed by atoms with van der Waals surface area (Å²) in [7, 11) is 0. The van der Waals surface area contributed by atoms with Crippen molar-refractivity contribution in [3.05, 3.63) is 84.4 Å². The quantitative estimate of drug-likeness (QED) is 0.645. The van der Waals surface area contributed by atoms with Crippen LogP contribution in [0.1, 0.15) is 11.1 Å². The molecule has 0 amide bonds. The number of rotatable bonds is 6. The maximum atomic E-state index is 5.51. The van der Waals surface area contributed by atoms with Crippen LogP contribution in [-0.2, 0) is 13.1 Å². The van der Waals surface area contributed by atoms with Crippen LogP contribution in [0.3, 0.4) is 0 Å². The van der Waals surface area contributed by atoms with E-state index in [1.807, 2.05) is 18.2 Å². The first-order valence-corrected chi connectivity index (χ1v) is 7.42. The van der Waals surface area contributed by atoms with Crippen molar-refractivity contribution >= 4 is 17.3 Å². The molecule has 0 unspecified atom stereocenters. The van der Waals surface area contributed by atoms with Gasteiger partial charge in [-0.25, -0.2) is 0 Å². The molecule has 21 heavy (non-hydrogen) atoms. The van der Waals surface area contributed by atoms with Crippen molar-refractivity contribution in [3.63, 3.8) is 0 Å². The summed E-state index contributed by atoms with van der Waals surface area (Å²) < 4.78 is 0. The topological polar surface area (TPSA) is 15.3 Å². The van der Waals surface area contributed by atoms with Gasteiger partial charge < -0.3 is 10.2 Å². The van der Waals surface area contributed by atoms with E-state index >= 15 is 0 Å². The van der Waals surface area contributed by atoms with Crippen molar-refractivity contribution in [2.75, 3.05) is 6.54 Å². The Morgan fingerprint density at radius 3 is 1.86 bits per heavy atom. The highest BCUT2D eigenvalue weighted by Gasteiger charge is 2.10. The highest BCUT2D eigenvalue weighted by molar-refractivity contribution is 7.80. The lowest BCUT2D eigenvalue weighted by molar-refractivity contribution is 0.401. The van der Waals surface area contributed by atoms with Crippen molar-refractivity contribution in [1.82, 2.24) is 10.2 Å². The van der Waals surface area contributed by atoms with Crippen molar-refractivity contribution in [2.45, 2.75) is 13.1 Å². The largest absolute Gasteiger partial charge is 0.359 e. The van der Waals surface area contributed by atoms with Crippen molar-refractivity contribution in [1.29, 1.82) is 0 Å². The zero-order valence-corrected chi connectivity index (χ0v) is 12.9. The number of benzene rings is 2. The third-order valence-electron chi connectivity index (χ3n) is 3.12. The van der Waals surface area contributed by atoms with E-state index in [1.54, 1.807) is 0 Å². The Kier molecular flexibility index (Phi) is 5.98. The number of hydrogen-bond acceptors (Lipinski definition) is 1. The van der Waals surface area contributed by atoms with E-state index in [0.717, 1.165) is 18.2 Å². The number of thiocarbonyl (C=S) groups is 1. The summed E-state index contributed by atoms with van der Waals surface area (Å²) in [6.07, 6.45) is 1.81. The Hall–Kier alpha value is -2.13. The second kappa shape index (κ2) is 8.22. The third kappa shape index (κ3) is 5.04. The highest BCUT2D eigenvalue weighted by Crippen LogP contribution is 2.10. The van der Waals surface area contributed by atoms with Crippen LogP contribution in [0, 0.1) is 0 Å². The van der Waals surface area contributed by atoms with Gasteiger partial charge in [-0.1, -0.05) is 66.7 Å². The Balaban J connectivity index is 2.09. The molecule has 0 aliphatic rings. The molecule has 0 aliphatic heterocycles. The molecule has 2 nitrogen and oxygen atoms in total.